The number of fused-ring (bicyclic) bond motifs is 1. The van der Waals surface area contributed by atoms with Crippen LogP contribution in [0, 0.1) is 0 Å². The first-order valence-corrected chi connectivity index (χ1v) is 9.52. The summed E-state index contributed by atoms with van der Waals surface area (Å²) in [6, 6.07) is 10.4. The minimum atomic E-state index is -0.535. The number of hydrogen-bond acceptors (Lipinski definition) is 4. The number of benzene rings is 2. The summed E-state index contributed by atoms with van der Waals surface area (Å²) in [6.45, 7) is 1.99. The van der Waals surface area contributed by atoms with Gasteiger partial charge in [0.15, 0.2) is 0 Å². The summed E-state index contributed by atoms with van der Waals surface area (Å²) in [5, 5.41) is 3.50. The van der Waals surface area contributed by atoms with Gasteiger partial charge in [-0.05, 0) is 55.3 Å². The second-order valence-electron chi connectivity index (χ2n) is 6.88. The van der Waals surface area contributed by atoms with E-state index in [-0.39, 0.29) is 12.5 Å². The Bertz CT molecular complexity index is 981. The lowest BCUT2D eigenvalue weighted by atomic mass is 10.1. The maximum Gasteiger partial charge on any atom is 0.255 e. The Morgan fingerprint density at radius 1 is 1.11 bits per heavy atom. The van der Waals surface area contributed by atoms with Crippen molar-refractivity contribution >= 4 is 40.9 Å². The highest BCUT2D eigenvalue weighted by Crippen LogP contribution is 2.32. The number of hydrogen-bond donors (Lipinski definition) is 2. The first kappa shape index (κ1) is 18.4. The second kappa shape index (κ2) is 7.56. The summed E-state index contributed by atoms with van der Waals surface area (Å²) in [6.07, 6.45) is 3.97. The number of carbonyl (C=O) groups excluding carboxylic acids is 2. The summed E-state index contributed by atoms with van der Waals surface area (Å²) in [5.41, 5.74) is 8.46. The molecule has 0 spiro atoms. The Morgan fingerprint density at radius 3 is 2.64 bits per heavy atom. The highest BCUT2D eigenvalue weighted by molar-refractivity contribution is 6.30. The molecule has 2 aliphatic rings. The number of ether oxygens (including phenoxy) is 1. The molecule has 0 saturated carbocycles. The Balaban J connectivity index is 1.63. The smallest absolute Gasteiger partial charge is 0.255 e. The van der Waals surface area contributed by atoms with Gasteiger partial charge in [-0.3, -0.25) is 9.59 Å². The molecule has 0 unspecified atom stereocenters. The standard InChI is InChI=1S/C21H20ClN3O3/c22-16-4-6-19-14(10-16)9-15(12-28-19)21(27)24-17-11-13(20(23)26)3-5-18(17)25-7-1-2-8-25/h3-6,9-11H,1-2,7-8,12H2,(H2,23,26)(H,24,27). The average Bonchev–Trinajstić information content (AvgIpc) is 3.21. The van der Waals surface area contributed by atoms with Crippen molar-refractivity contribution in [1.82, 2.24) is 0 Å². The van der Waals surface area contributed by atoms with Crippen LogP contribution in [0.25, 0.3) is 6.08 Å². The van der Waals surface area contributed by atoms with E-state index in [9.17, 15) is 9.59 Å². The molecule has 28 heavy (non-hydrogen) atoms. The van der Waals surface area contributed by atoms with Gasteiger partial charge in [0.25, 0.3) is 5.91 Å². The van der Waals surface area contributed by atoms with Gasteiger partial charge in [-0.25, -0.2) is 0 Å². The minimum absolute atomic E-state index is 0.162. The minimum Gasteiger partial charge on any atom is -0.488 e. The third-order valence-electron chi connectivity index (χ3n) is 4.95. The lowest BCUT2D eigenvalue weighted by Gasteiger charge is -2.23. The van der Waals surface area contributed by atoms with Crippen molar-refractivity contribution in [3.8, 4) is 5.75 Å². The van der Waals surface area contributed by atoms with Gasteiger partial charge in [-0.2, -0.15) is 0 Å². The predicted octanol–water partition coefficient (Wildman–Crippen LogP) is 3.45. The second-order valence-corrected chi connectivity index (χ2v) is 7.32. The highest BCUT2D eigenvalue weighted by Gasteiger charge is 2.22. The molecule has 0 radical (unpaired) electrons. The fraction of sp³-hybridized carbons (Fsp3) is 0.238. The van der Waals surface area contributed by atoms with Crippen molar-refractivity contribution in [2.24, 2.45) is 5.73 Å². The number of primary amides is 1. The van der Waals surface area contributed by atoms with E-state index < -0.39 is 5.91 Å². The van der Waals surface area contributed by atoms with Crippen LogP contribution < -0.4 is 20.7 Å². The topological polar surface area (TPSA) is 84.7 Å². The van der Waals surface area contributed by atoms with Gasteiger partial charge in [-0.1, -0.05) is 11.6 Å². The molecule has 0 aromatic heterocycles. The lowest BCUT2D eigenvalue weighted by Crippen LogP contribution is -2.25. The van der Waals surface area contributed by atoms with Crippen molar-refractivity contribution in [3.63, 3.8) is 0 Å². The summed E-state index contributed by atoms with van der Waals surface area (Å²) < 4.78 is 5.67. The van der Waals surface area contributed by atoms with E-state index in [1.165, 1.54) is 0 Å². The maximum atomic E-state index is 12.9. The Labute approximate surface area is 167 Å². The molecule has 0 bridgehead atoms. The van der Waals surface area contributed by atoms with Gasteiger partial charge in [0, 0.05) is 29.2 Å². The molecule has 2 heterocycles. The van der Waals surface area contributed by atoms with Crippen molar-refractivity contribution in [2.75, 3.05) is 29.9 Å². The Morgan fingerprint density at radius 2 is 1.89 bits per heavy atom. The quantitative estimate of drug-likeness (QED) is 0.827. The van der Waals surface area contributed by atoms with Gasteiger partial charge in [0.1, 0.15) is 12.4 Å². The van der Waals surface area contributed by atoms with Crippen LogP contribution in [-0.2, 0) is 4.79 Å². The Hall–Kier alpha value is -2.99. The molecule has 2 amide bonds. The van der Waals surface area contributed by atoms with Gasteiger partial charge >= 0.3 is 0 Å². The summed E-state index contributed by atoms with van der Waals surface area (Å²) in [4.78, 5) is 26.7. The van der Waals surface area contributed by atoms with Crippen LogP contribution in [0.2, 0.25) is 5.02 Å². The van der Waals surface area contributed by atoms with Crippen LogP contribution in [0.3, 0.4) is 0 Å². The molecule has 2 aromatic carbocycles. The van der Waals surface area contributed by atoms with Crippen LogP contribution >= 0.6 is 11.6 Å². The largest absolute Gasteiger partial charge is 0.488 e. The number of nitrogens with one attached hydrogen (secondary N) is 1. The maximum absolute atomic E-state index is 12.9. The third kappa shape index (κ3) is 3.68. The van der Waals surface area contributed by atoms with Gasteiger partial charge in [0.05, 0.1) is 16.9 Å². The van der Waals surface area contributed by atoms with Gasteiger partial charge in [0.2, 0.25) is 5.91 Å². The van der Waals surface area contributed by atoms with E-state index in [0.717, 1.165) is 37.2 Å². The van der Waals surface area contributed by atoms with E-state index in [2.05, 4.69) is 10.2 Å². The normalized spacial score (nSPS) is 15.5. The molecule has 1 fully saturated rings. The first-order chi connectivity index (χ1) is 13.5. The molecule has 2 aliphatic heterocycles. The van der Waals surface area contributed by atoms with Crippen molar-refractivity contribution in [1.29, 1.82) is 0 Å². The van der Waals surface area contributed by atoms with Gasteiger partial charge in [-0.15, -0.1) is 0 Å². The van der Waals surface area contributed by atoms with E-state index in [1.54, 1.807) is 36.4 Å². The number of nitrogens with zero attached hydrogens (tertiary/aromatic N) is 1. The summed E-state index contributed by atoms with van der Waals surface area (Å²) in [5.74, 6) is -0.130. The SMILES string of the molecule is NC(=O)c1ccc(N2CCCC2)c(NC(=O)C2=Cc3cc(Cl)ccc3OC2)c1. The molecule has 3 N–H and O–H groups in total. The third-order valence-corrected chi connectivity index (χ3v) is 5.19. The monoisotopic (exact) mass is 397 g/mol. The number of anilines is 2. The molecular weight excluding hydrogens is 378 g/mol. The van der Waals surface area contributed by atoms with Crippen LogP contribution in [0.5, 0.6) is 5.75 Å². The van der Waals surface area contributed by atoms with Crippen LogP contribution in [-0.4, -0.2) is 31.5 Å². The van der Waals surface area contributed by atoms with Crippen molar-refractivity contribution in [3.05, 3.63) is 58.1 Å². The highest BCUT2D eigenvalue weighted by atomic mass is 35.5. The average molecular weight is 398 g/mol. The molecule has 144 valence electrons. The zero-order chi connectivity index (χ0) is 19.7. The molecule has 2 aromatic rings. The lowest BCUT2D eigenvalue weighted by molar-refractivity contribution is -0.113. The van der Waals surface area contributed by atoms with Crippen LogP contribution in [0.15, 0.2) is 42.0 Å². The van der Waals surface area contributed by atoms with E-state index in [0.29, 0.717) is 27.6 Å². The number of amides is 2. The molecule has 7 heteroatoms. The molecule has 1 saturated heterocycles. The Kier molecular flexibility index (Phi) is 4.96. The fourth-order valence-corrected chi connectivity index (χ4v) is 3.69. The molecule has 6 nitrogen and oxygen atoms in total. The van der Waals surface area contributed by atoms with Gasteiger partial charge < -0.3 is 20.7 Å². The number of carbonyl (C=O) groups is 2. The van der Waals surface area contributed by atoms with Crippen molar-refractivity contribution < 1.29 is 14.3 Å². The number of rotatable bonds is 4. The first-order valence-electron chi connectivity index (χ1n) is 9.14. The van der Waals surface area contributed by atoms with E-state index in [1.807, 2.05) is 6.07 Å². The van der Waals surface area contributed by atoms with E-state index in [4.69, 9.17) is 22.1 Å². The predicted molar refractivity (Wildman–Crippen MR) is 110 cm³/mol. The summed E-state index contributed by atoms with van der Waals surface area (Å²) in [7, 11) is 0. The van der Waals surface area contributed by atoms with Crippen LogP contribution in [0.1, 0.15) is 28.8 Å². The van der Waals surface area contributed by atoms with E-state index >= 15 is 0 Å². The molecular formula is C21H20ClN3O3. The number of halogens is 1. The number of nitrogens with two attached hydrogens (primary N) is 1. The van der Waals surface area contributed by atoms with Crippen LogP contribution in [0.4, 0.5) is 11.4 Å². The molecule has 0 aliphatic carbocycles. The fourth-order valence-electron chi connectivity index (χ4n) is 3.51. The zero-order valence-electron chi connectivity index (χ0n) is 15.2. The molecule has 0 atom stereocenters. The van der Waals surface area contributed by atoms with Crippen molar-refractivity contribution in [2.45, 2.75) is 12.8 Å². The zero-order valence-corrected chi connectivity index (χ0v) is 16.0. The molecule has 4 rings (SSSR count). The summed E-state index contributed by atoms with van der Waals surface area (Å²) >= 11 is 6.04.